The Balaban J connectivity index is 1.69. The molecule has 0 saturated carbocycles. The molecule has 4 rings (SSSR count). The summed E-state index contributed by atoms with van der Waals surface area (Å²) in [6.07, 6.45) is 3.62. The van der Waals surface area contributed by atoms with Crippen molar-refractivity contribution in [2.45, 2.75) is 32.4 Å². The van der Waals surface area contributed by atoms with Gasteiger partial charge in [0.1, 0.15) is 11.2 Å². The summed E-state index contributed by atoms with van der Waals surface area (Å²) in [5, 5.41) is 3.61. The SMILES string of the molecule is Cc1ccc(Cn2c(=O)c(C(=O)NC[C@H]3CCCO3)cc3cccnc32)cc1. The smallest absolute Gasteiger partial charge is 0.265 e. The normalized spacial score (nSPS) is 16.4. The Hall–Kier alpha value is -2.99. The second kappa shape index (κ2) is 7.94. The molecular weight excluding hydrogens is 354 g/mol. The number of aryl methyl sites for hydroxylation is 1. The molecule has 1 aromatic carbocycles. The van der Waals surface area contributed by atoms with Gasteiger partial charge in [-0.1, -0.05) is 29.8 Å². The Morgan fingerprint density at radius 2 is 2.11 bits per heavy atom. The van der Waals surface area contributed by atoms with Crippen LogP contribution in [-0.4, -0.2) is 34.7 Å². The first-order valence-electron chi connectivity index (χ1n) is 9.56. The predicted octanol–water partition coefficient (Wildman–Crippen LogP) is 2.66. The highest BCUT2D eigenvalue weighted by Crippen LogP contribution is 2.14. The standard InChI is InChI=1S/C22H23N3O3/c1-15-6-8-16(9-7-15)14-25-20-17(4-2-10-23-20)12-19(22(25)27)21(26)24-13-18-5-3-11-28-18/h2,4,6-10,12,18H,3,5,11,13-14H2,1H3,(H,24,26)/t18-/m1/s1. The molecule has 144 valence electrons. The fourth-order valence-electron chi connectivity index (χ4n) is 3.50. The third kappa shape index (κ3) is 3.82. The number of pyridine rings is 2. The molecule has 1 aliphatic rings. The summed E-state index contributed by atoms with van der Waals surface area (Å²) >= 11 is 0. The lowest BCUT2D eigenvalue weighted by molar-refractivity contribution is 0.0856. The number of hydrogen-bond donors (Lipinski definition) is 1. The predicted molar refractivity (Wildman–Crippen MR) is 108 cm³/mol. The molecule has 1 saturated heterocycles. The van der Waals surface area contributed by atoms with Crippen molar-refractivity contribution in [2.24, 2.45) is 0 Å². The van der Waals surface area contributed by atoms with Crippen molar-refractivity contribution in [3.8, 4) is 0 Å². The average Bonchev–Trinajstić information content (AvgIpc) is 3.23. The topological polar surface area (TPSA) is 73.2 Å². The average molecular weight is 377 g/mol. The van der Waals surface area contributed by atoms with Crippen LogP contribution >= 0.6 is 0 Å². The van der Waals surface area contributed by atoms with Crippen LogP contribution in [0.2, 0.25) is 0 Å². The molecule has 0 aliphatic carbocycles. The maximum Gasteiger partial charge on any atom is 0.265 e. The zero-order chi connectivity index (χ0) is 19.5. The van der Waals surface area contributed by atoms with Crippen molar-refractivity contribution in [1.82, 2.24) is 14.9 Å². The fourth-order valence-corrected chi connectivity index (χ4v) is 3.50. The van der Waals surface area contributed by atoms with E-state index in [9.17, 15) is 9.59 Å². The van der Waals surface area contributed by atoms with Crippen LogP contribution in [0.1, 0.15) is 34.3 Å². The van der Waals surface area contributed by atoms with E-state index in [-0.39, 0.29) is 23.1 Å². The largest absolute Gasteiger partial charge is 0.376 e. The van der Waals surface area contributed by atoms with Crippen LogP contribution in [0.4, 0.5) is 0 Å². The Morgan fingerprint density at radius 3 is 2.86 bits per heavy atom. The van der Waals surface area contributed by atoms with E-state index in [1.165, 1.54) is 0 Å². The summed E-state index contributed by atoms with van der Waals surface area (Å²) in [4.78, 5) is 30.2. The van der Waals surface area contributed by atoms with E-state index < -0.39 is 0 Å². The van der Waals surface area contributed by atoms with Gasteiger partial charge in [0, 0.05) is 24.7 Å². The minimum absolute atomic E-state index is 0.0286. The van der Waals surface area contributed by atoms with Crippen molar-refractivity contribution in [1.29, 1.82) is 0 Å². The maximum absolute atomic E-state index is 13.1. The fraction of sp³-hybridized carbons (Fsp3) is 0.318. The molecule has 3 heterocycles. The molecule has 2 aromatic heterocycles. The second-order valence-electron chi connectivity index (χ2n) is 7.20. The van der Waals surface area contributed by atoms with Crippen LogP contribution in [0, 0.1) is 6.92 Å². The van der Waals surface area contributed by atoms with Gasteiger partial charge in [-0.2, -0.15) is 0 Å². The van der Waals surface area contributed by atoms with Gasteiger partial charge in [0.05, 0.1) is 12.6 Å². The molecule has 6 heteroatoms. The number of benzene rings is 1. The molecule has 6 nitrogen and oxygen atoms in total. The molecule has 28 heavy (non-hydrogen) atoms. The highest BCUT2D eigenvalue weighted by Gasteiger charge is 2.20. The minimum atomic E-state index is -0.371. The Bertz CT molecular complexity index is 1050. The molecule has 0 spiro atoms. The molecule has 1 fully saturated rings. The first-order valence-corrected chi connectivity index (χ1v) is 9.56. The van der Waals surface area contributed by atoms with E-state index >= 15 is 0 Å². The first kappa shape index (κ1) is 18.4. The maximum atomic E-state index is 13.1. The molecule has 0 unspecified atom stereocenters. The Kier molecular flexibility index (Phi) is 5.21. The summed E-state index contributed by atoms with van der Waals surface area (Å²) in [7, 11) is 0. The van der Waals surface area contributed by atoms with Crippen LogP contribution in [0.15, 0.2) is 53.5 Å². The number of nitrogens with one attached hydrogen (secondary N) is 1. The van der Waals surface area contributed by atoms with Gasteiger partial charge in [-0.3, -0.25) is 14.2 Å². The lowest BCUT2D eigenvalue weighted by atomic mass is 10.1. The van der Waals surface area contributed by atoms with E-state index in [1.54, 1.807) is 22.9 Å². The summed E-state index contributed by atoms with van der Waals surface area (Å²) in [5.74, 6) is -0.371. The van der Waals surface area contributed by atoms with Crippen molar-refractivity contribution >= 4 is 16.9 Å². The molecule has 1 amide bonds. The van der Waals surface area contributed by atoms with E-state index in [0.29, 0.717) is 18.7 Å². The summed E-state index contributed by atoms with van der Waals surface area (Å²) < 4.78 is 7.11. The second-order valence-corrected chi connectivity index (χ2v) is 7.20. The van der Waals surface area contributed by atoms with E-state index in [4.69, 9.17) is 4.74 Å². The number of carbonyl (C=O) groups excluding carboxylic acids is 1. The highest BCUT2D eigenvalue weighted by atomic mass is 16.5. The van der Waals surface area contributed by atoms with Gasteiger partial charge in [0.2, 0.25) is 0 Å². The van der Waals surface area contributed by atoms with Gasteiger partial charge in [-0.15, -0.1) is 0 Å². The van der Waals surface area contributed by atoms with Crippen LogP contribution in [0.25, 0.3) is 11.0 Å². The number of carbonyl (C=O) groups is 1. The molecule has 0 radical (unpaired) electrons. The third-order valence-electron chi connectivity index (χ3n) is 5.07. The van der Waals surface area contributed by atoms with Crippen molar-refractivity contribution in [3.05, 3.63) is 75.7 Å². The van der Waals surface area contributed by atoms with Gasteiger partial charge in [-0.25, -0.2) is 4.98 Å². The first-order chi connectivity index (χ1) is 13.6. The molecule has 1 atom stereocenters. The molecular formula is C22H23N3O3. The van der Waals surface area contributed by atoms with Crippen LogP contribution in [0.5, 0.6) is 0 Å². The number of ether oxygens (including phenoxy) is 1. The van der Waals surface area contributed by atoms with E-state index in [2.05, 4.69) is 10.3 Å². The molecule has 3 aromatic rings. The lowest BCUT2D eigenvalue weighted by Crippen LogP contribution is -2.37. The van der Waals surface area contributed by atoms with Gasteiger partial charge < -0.3 is 10.1 Å². The number of fused-ring (bicyclic) bond motifs is 1. The zero-order valence-electron chi connectivity index (χ0n) is 15.9. The third-order valence-corrected chi connectivity index (χ3v) is 5.07. The van der Waals surface area contributed by atoms with Gasteiger partial charge in [0.25, 0.3) is 11.5 Å². The Morgan fingerprint density at radius 1 is 1.29 bits per heavy atom. The van der Waals surface area contributed by atoms with Gasteiger partial charge >= 0.3 is 0 Å². The number of amides is 1. The highest BCUT2D eigenvalue weighted by molar-refractivity contribution is 5.96. The minimum Gasteiger partial charge on any atom is -0.376 e. The van der Waals surface area contributed by atoms with Crippen molar-refractivity contribution < 1.29 is 9.53 Å². The monoisotopic (exact) mass is 377 g/mol. The number of hydrogen-bond acceptors (Lipinski definition) is 4. The Labute approximate surface area is 163 Å². The van der Waals surface area contributed by atoms with E-state index in [0.717, 1.165) is 36.0 Å². The molecule has 1 aliphatic heterocycles. The van der Waals surface area contributed by atoms with Gasteiger partial charge in [0.15, 0.2) is 0 Å². The quantitative estimate of drug-likeness (QED) is 0.742. The van der Waals surface area contributed by atoms with Crippen molar-refractivity contribution in [3.63, 3.8) is 0 Å². The molecule has 1 N–H and O–H groups in total. The lowest BCUT2D eigenvalue weighted by Gasteiger charge is -2.14. The van der Waals surface area contributed by atoms with Crippen LogP contribution in [-0.2, 0) is 11.3 Å². The summed E-state index contributed by atoms with van der Waals surface area (Å²) in [5.41, 5.74) is 2.50. The van der Waals surface area contributed by atoms with Crippen molar-refractivity contribution in [2.75, 3.05) is 13.2 Å². The van der Waals surface area contributed by atoms with Gasteiger partial charge in [-0.05, 0) is 43.5 Å². The van der Waals surface area contributed by atoms with Crippen LogP contribution in [0.3, 0.4) is 0 Å². The summed E-state index contributed by atoms with van der Waals surface area (Å²) in [6.45, 7) is 3.53. The number of nitrogens with zero attached hydrogens (tertiary/aromatic N) is 2. The summed E-state index contributed by atoms with van der Waals surface area (Å²) in [6, 6.07) is 13.3. The zero-order valence-corrected chi connectivity index (χ0v) is 15.9. The molecule has 0 bridgehead atoms. The van der Waals surface area contributed by atoms with Crippen LogP contribution < -0.4 is 10.9 Å². The number of aromatic nitrogens is 2. The number of rotatable bonds is 5. The van der Waals surface area contributed by atoms with E-state index in [1.807, 2.05) is 37.3 Å².